The van der Waals surface area contributed by atoms with E-state index in [0.717, 1.165) is 17.7 Å². The molecule has 0 aliphatic heterocycles. The highest BCUT2D eigenvalue weighted by molar-refractivity contribution is 5.76. The summed E-state index contributed by atoms with van der Waals surface area (Å²) in [6.07, 6.45) is 15.2. The molecular formula is C46H67N3O7. The molecule has 10 nitrogen and oxygen atoms in total. The van der Waals surface area contributed by atoms with Crippen molar-refractivity contribution in [3.63, 3.8) is 0 Å². The average molecular weight is 774 g/mol. The van der Waals surface area contributed by atoms with E-state index in [9.17, 15) is 4.79 Å². The summed E-state index contributed by atoms with van der Waals surface area (Å²) < 4.78 is 34.2. The Bertz CT molecular complexity index is 1460. The number of carbonyl (C=O) groups excluding carboxylic acids is 1. The van der Waals surface area contributed by atoms with Gasteiger partial charge in [0, 0.05) is 37.8 Å². The topological polar surface area (TPSA) is 109 Å². The van der Waals surface area contributed by atoms with Crippen LogP contribution in [0, 0.1) is 18.8 Å². The first-order chi connectivity index (χ1) is 27.7. The number of aromatic nitrogens is 1. The van der Waals surface area contributed by atoms with E-state index in [0.29, 0.717) is 109 Å². The Hall–Kier alpha value is -3.38. The molecule has 3 aromatic rings. The minimum absolute atomic E-state index is 0.136. The van der Waals surface area contributed by atoms with Crippen molar-refractivity contribution in [1.82, 2.24) is 15.6 Å². The Morgan fingerprint density at radius 3 is 1.86 bits per heavy atom. The van der Waals surface area contributed by atoms with Gasteiger partial charge in [-0.25, -0.2) is 4.98 Å². The standard InChI is InChI=1S/C46H67N3O7/c1-37-42(18-11-19-43(37)39-12-5-2-6-13-39)36-56-45-21-20-38(35-48-45)34-47-23-25-52-27-29-54-31-33-55-32-30-53-28-26-51-24-22-44(50)49-46(40-14-7-3-8-15-40)41-16-9-4-10-17-41/h2,5-6,11-13,18-21,35,40-41,46-47H,3-4,7-10,14-17,22-34,36H2,1H3,(H,49,50). The molecular weight excluding hydrogens is 707 g/mol. The molecule has 308 valence electrons. The predicted molar refractivity (Wildman–Crippen MR) is 221 cm³/mol. The van der Waals surface area contributed by atoms with Gasteiger partial charge in [-0.15, -0.1) is 0 Å². The zero-order valence-electron chi connectivity index (χ0n) is 33.9. The fraction of sp³-hybridized carbons (Fsp3) is 0.609. The van der Waals surface area contributed by atoms with E-state index in [1.807, 2.05) is 24.4 Å². The minimum atomic E-state index is 0.136. The van der Waals surface area contributed by atoms with E-state index in [1.54, 1.807) is 0 Å². The van der Waals surface area contributed by atoms with Gasteiger partial charge in [0.05, 0.1) is 66.1 Å². The van der Waals surface area contributed by atoms with Gasteiger partial charge in [-0.2, -0.15) is 0 Å². The third-order valence-electron chi connectivity index (χ3n) is 11.1. The first kappa shape index (κ1) is 43.7. The van der Waals surface area contributed by atoms with Crippen molar-refractivity contribution in [1.29, 1.82) is 0 Å². The first-order valence-corrected chi connectivity index (χ1v) is 21.3. The Morgan fingerprint density at radius 2 is 1.27 bits per heavy atom. The number of pyridine rings is 1. The van der Waals surface area contributed by atoms with Crippen LogP contribution in [0.3, 0.4) is 0 Å². The smallest absolute Gasteiger partial charge is 0.222 e. The SMILES string of the molecule is Cc1c(COc2ccc(CNCCOCCOCCOCCOCCOCCC(=O)NC(C3CCCCC3)C3CCCCC3)cn2)cccc1-c1ccccc1. The Balaban J connectivity index is 0.779. The lowest BCUT2D eigenvalue weighted by Crippen LogP contribution is -2.46. The van der Waals surface area contributed by atoms with E-state index in [-0.39, 0.29) is 5.91 Å². The molecule has 1 aromatic heterocycles. The number of nitrogens with one attached hydrogen (secondary N) is 2. The van der Waals surface area contributed by atoms with E-state index in [1.165, 1.54) is 80.9 Å². The maximum atomic E-state index is 12.8. The van der Waals surface area contributed by atoms with Crippen LogP contribution in [0.15, 0.2) is 66.9 Å². The Morgan fingerprint density at radius 1 is 0.679 bits per heavy atom. The van der Waals surface area contributed by atoms with Crippen LogP contribution in [-0.2, 0) is 41.6 Å². The van der Waals surface area contributed by atoms with Crippen LogP contribution in [0.1, 0.15) is 87.3 Å². The molecule has 2 aliphatic rings. The van der Waals surface area contributed by atoms with Gasteiger partial charge in [-0.3, -0.25) is 4.79 Å². The van der Waals surface area contributed by atoms with E-state index in [2.05, 4.69) is 65.0 Å². The van der Waals surface area contributed by atoms with Gasteiger partial charge in [0.2, 0.25) is 11.8 Å². The second kappa shape index (κ2) is 26.5. The molecule has 10 heteroatoms. The van der Waals surface area contributed by atoms with E-state index >= 15 is 0 Å². The summed E-state index contributed by atoms with van der Waals surface area (Å²) in [6.45, 7) is 9.16. The van der Waals surface area contributed by atoms with Crippen molar-refractivity contribution in [2.75, 3.05) is 72.6 Å². The van der Waals surface area contributed by atoms with Crippen molar-refractivity contribution in [3.05, 3.63) is 83.6 Å². The summed E-state index contributed by atoms with van der Waals surface area (Å²) >= 11 is 0. The van der Waals surface area contributed by atoms with E-state index in [4.69, 9.17) is 28.4 Å². The number of benzene rings is 2. The average Bonchev–Trinajstić information content (AvgIpc) is 3.24. The molecule has 2 fully saturated rings. The van der Waals surface area contributed by atoms with Gasteiger partial charge in [-0.1, -0.05) is 93.1 Å². The number of hydrogen-bond acceptors (Lipinski definition) is 9. The Labute approximate surface area is 335 Å². The lowest BCUT2D eigenvalue weighted by molar-refractivity contribution is -0.124. The largest absolute Gasteiger partial charge is 0.473 e. The van der Waals surface area contributed by atoms with Crippen molar-refractivity contribution < 1.29 is 33.2 Å². The van der Waals surface area contributed by atoms with Gasteiger partial charge in [0.1, 0.15) is 6.61 Å². The number of hydrogen-bond donors (Lipinski definition) is 2. The quantitative estimate of drug-likeness (QED) is 0.0750. The third kappa shape index (κ3) is 16.2. The normalized spacial score (nSPS) is 15.3. The number of nitrogens with zero attached hydrogens (tertiary/aromatic N) is 1. The number of amides is 1. The molecule has 2 aromatic carbocycles. The van der Waals surface area contributed by atoms with Crippen LogP contribution < -0.4 is 15.4 Å². The van der Waals surface area contributed by atoms with Crippen LogP contribution in [0.5, 0.6) is 5.88 Å². The highest BCUT2D eigenvalue weighted by atomic mass is 16.6. The summed E-state index contributed by atoms with van der Waals surface area (Å²) in [5.41, 5.74) is 5.89. The Kier molecular flexibility index (Phi) is 20.7. The molecule has 0 radical (unpaired) electrons. The minimum Gasteiger partial charge on any atom is -0.473 e. The summed E-state index contributed by atoms with van der Waals surface area (Å²) in [4.78, 5) is 17.3. The van der Waals surface area contributed by atoms with Crippen molar-refractivity contribution in [2.45, 2.75) is 96.7 Å². The van der Waals surface area contributed by atoms with Crippen molar-refractivity contribution >= 4 is 5.91 Å². The number of ether oxygens (including phenoxy) is 6. The zero-order chi connectivity index (χ0) is 38.9. The van der Waals surface area contributed by atoms with Gasteiger partial charge in [-0.05, 0) is 72.3 Å². The van der Waals surface area contributed by atoms with Crippen LogP contribution in [0.25, 0.3) is 11.1 Å². The molecule has 2 N–H and O–H groups in total. The molecule has 0 spiro atoms. The second-order valence-electron chi connectivity index (χ2n) is 15.1. The summed E-state index contributed by atoms with van der Waals surface area (Å²) in [5, 5.41) is 6.83. The second-order valence-corrected chi connectivity index (χ2v) is 15.1. The molecule has 5 rings (SSSR count). The fourth-order valence-corrected chi connectivity index (χ4v) is 7.91. The number of carbonyl (C=O) groups is 1. The van der Waals surface area contributed by atoms with Gasteiger partial charge in [0.25, 0.3) is 0 Å². The fourth-order valence-electron chi connectivity index (χ4n) is 7.91. The van der Waals surface area contributed by atoms with Crippen LogP contribution in [0.2, 0.25) is 0 Å². The zero-order valence-corrected chi connectivity index (χ0v) is 33.9. The van der Waals surface area contributed by atoms with E-state index < -0.39 is 0 Å². The molecule has 2 saturated carbocycles. The summed E-state index contributed by atoms with van der Waals surface area (Å²) in [5.74, 6) is 2.05. The maximum absolute atomic E-state index is 12.8. The predicted octanol–water partition coefficient (Wildman–Crippen LogP) is 7.84. The molecule has 0 atom stereocenters. The molecule has 2 aliphatic carbocycles. The molecule has 0 bridgehead atoms. The third-order valence-corrected chi connectivity index (χ3v) is 11.1. The van der Waals surface area contributed by atoms with Crippen LogP contribution >= 0.6 is 0 Å². The van der Waals surface area contributed by atoms with Gasteiger partial charge in [0.15, 0.2) is 0 Å². The molecule has 56 heavy (non-hydrogen) atoms. The molecule has 1 amide bonds. The maximum Gasteiger partial charge on any atom is 0.222 e. The molecule has 0 saturated heterocycles. The highest BCUT2D eigenvalue weighted by Gasteiger charge is 2.32. The van der Waals surface area contributed by atoms with Crippen molar-refractivity contribution in [3.8, 4) is 17.0 Å². The van der Waals surface area contributed by atoms with Gasteiger partial charge < -0.3 is 39.1 Å². The lowest BCUT2D eigenvalue weighted by Gasteiger charge is -2.38. The van der Waals surface area contributed by atoms with Gasteiger partial charge >= 0.3 is 0 Å². The summed E-state index contributed by atoms with van der Waals surface area (Å²) in [7, 11) is 0. The lowest BCUT2D eigenvalue weighted by atomic mass is 9.73. The van der Waals surface area contributed by atoms with Crippen LogP contribution in [-0.4, -0.2) is 89.5 Å². The highest BCUT2D eigenvalue weighted by Crippen LogP contribution is 2.35. The number of rotatable bonds is 27. The first-order valence-electron chi connectivity index (χ1n) is 21.3. The molecule has 0 unspecified atom stereocenters. The monoisotopic (exact) mass is 773 g/mol. The van der Waals surface area contributed by atoms with Crippen LogP contribution in [0.4, 0.5) is 0 Å². The van der Waals surface area contributed by atoms with Crippen molar-refractivity contribution in [2.24, 2.45) is 11.8 Å². The molecule has 1 heterocycles. The summed E-state index contributed by atoms with van der Waals surface area (Å²) in [6, 6.07) is 21.1.